The molecule has 0 N–H and O–H groups in total. The number of para-hydroxylation sites is 1. The van der Waals surface area contributed by atoms with Crippen LogP contribution < -0.4 is 9.47 Å². The molecule has 0 aliphatic carbocycles. The Morgan fingerprint density at radius 2 is 1.66 bits per heavy atom. The van der Waals surface area contributed by atoms with Crippen LogP contribution >= 0.6 is 0 Å². The van der Waals surface area contributed by atoms with Crippen LogP contribution in [0.2, 0.25) is 0 Å². The molecule has 4 rings (SSSR count). The van der Waals surface area contributed by atoms with Crippen LogP contribution in [0.1, 0.15) is 29.8 Å². The summed E-state index contributed by atoms with van der Waals surface area (Å²) in [6.45, 7) is 6.12. The number of carbonyl (C=O) groups excluding carboxylic acids is 2. The van der Waals surface area contributed by atoms with E-state index in [1.54, 1.807) is 9.80 Å². The number of nitrogens with zero attached hydrogens (tertiary/aromatic N) is 2. The molecule has 0 atom stereocenters. The Morgan fingerprint density at radius 1 is 0.966 bits per heavy atom. The fourth-order valence-electron chi connectivity index (χ4n) is 3.85. The van der Waals surface area contributed by atoms with Gasteiger partial charge in [0.1, 0.15) is 5.60 Å². The molecule has 0 unspecified atom stereocenters. The molecule has 2 aromatic carbocycles. The van der Waals surface area contributed by atoms with E-state index >= 15 is 0 Å². The Labute approximate surface area is 171 Å². The van der Waals surface area contributed by atoms with Crippen molar-refractivity contribution in [2.75, 3.05) is 32.8 Å². The van der Waals surface area contributed by atoms with Crippen molar-refractivity contribution in [3.63, 3.8) is 0 Å². The van der Waals surface area contributed by atoms with Crippen molar-refractivity contribution in [1.82, 2.24) is 9.80 Å². The maximum Gasteiger partial charge on any atom is 0.260 e. The van der Waals surface area contributed by atoms with Gasteiger partial charge in [-0.1, -0.05) is 30.3 Å². The average Bonchev–Trinajstić information content (AvgIpc) is 3.06. The number of benzene rings is 2. The molecule has 29 heavy (non-hydrogen) atoms. The monoisotopic (exact) mass is 394 g/mol. The van der Waals surface area contributed by atoms with Crippen molar-refractivity contribution in [2.45, 2.75) is 25.9 Å². The number of piperazine rings is 1. The first-order chi connectivity index (χ1) is 13.9. The lowest BCUT2D eigenvalue weighted by atomic mass is 10.0. The highest BCUT2D eigenvalue weighted by Gasteiger charge is 2.32. The van der Waals surface area contributed by atoms with Gasteiger partial charge in [0.2, 0.25) is 0 Å². The van der Waals surface area contributed by atoms with Crippen molar-refractivity contribution in [3.8, 4) is 11.5 Å². The van der Waals surface area contributed by atoms with Gasteiger partial charge in [-0.05, 0) is 32.0 Å². The quantitative estimate of drug-likeness (QED) is 0.800. The lowest BCUT2D eigenvalue weighted by molar-refractivity contribution is -0.134. The molecule has 152 valence electrons. The van der Waals surface area contributed by atoms with E-state index in [1.165, 1.54) is 0 Å². The summed E-state index contributed by atoms with van der Waals surface area (Å²) in [5, 5.41) is 0. The second-order valence-corrected chi connectivity index (χ2v) is 8.11. The molecule has 2 heterocycles. The summed E-state index contributed by atoms with van der Waals surface area (Å²) in [5.41, 5.74) is 1.53. The predicted octanol–water partition coefficient (Wildman–Crippen LogP) is 2.76. The van der Waals surface area contributed by atoms with Crippen molar-refractivity contribution < 1.29 is 19.1 Å². The Morgan fingerprint density at radius 3 is 2.38 bits per heavy atom. The molecule has 0 radical (unpaired) electrons. The standard InChI is InChI=1S/C23H26N2O4/c1-23(2)15-18-9-6-10-19(21(18)29-23)28-16-20(26)24-11-13-25(14-12-24)22(27)17-7-4-3-5-8-17/h3-10H,11-16H2,1-2H3. The second-order valence-electron chi connectivity index (χ2n) is 8.11. The third kappa shape index (κ3) is 4.21. The van der Waals surface area contributed by atoms with Crippen molar-refractivity contribution >= 4 is 11.8 Å². The summed E-state index contributed by atoms with van der Waals surface area (Å²) < 4.78 is 11.8. The molecule has 0 spiro atoms. The fourth-order valence-corrected chi connectivity index (χ4v) is 3.85. The Balaban J connectivity index is 1.30. The van der Waals surface area contributed by atoms with Crippen LogP contribution in [0.4, 0.5) is 0 Å². The van der Waals surface area contributed by atoms with Gasteiger partial charge >= 0.3 is 0 Å². The van der Waals surface area contributed by atoms with Crippen LogP contribution in [0.3, 0.4) is 0 Å². The molecular weight excluding hydrogens is 368 g/mol. The first-order valence-corrected chi connectivity index (χ1v) is 9.99. The van der Waals surface area contributed by atoms with E-state index in [4.69, 9.17) is 9.47 Å². The number of hydrogen-bond donors (Lipinski definition) is 0. The van der Waals surface area contributed by atoms with Crippen LogP contribution in [0.25, 0.3) is 0 Å². The van der Waals surface area contributed by atoms with Crippen LogP contribution in [-0.2, 0) is 11.2 Å². The number of fused-ring (bicyclic) bond motifs is 1. The number of amides is 2. The van der Waals surface area contributed by atoms with E-state index in [0.29, 0.717) is 37.5 Å². The molecule has 0 bridgehead atoms. The van der Waals surface area contributed by atoms with Gasteiger partial charge in [-0.3, -0.25) is 9.59 Å². The lowest BCUT2D eigenvalue weighted by Gasteiger charge is -2.34. The second kappa shape index (κ2) is 7.78. The Kier molecular flexibility index (Phi) is 5.18. The first kappa shape index (κ1) is 19.3. The smallest absolute Gasteiger partial charge is 0.260 e. The maximum atomic E-state index is 12.6. The Hall–Kier alpha value is -3.02. The van der Waals surface area contributed by atoms with E-state index in [-0.39, 0.29) is 24.0 Å². The van der Waals surface area contributed by atoms with Gasteiger partial charge < -0.3 is 19.3 Å². The summed E-state index contributed by atoms with van der Waals surface area (Å²) in [4.78, 5) is 28.7. The van der Waals surface area contributed by atoms with Crippen LogP contribution in [0.15, 0.2) is 48.5 Å². The van der Waals surface area contributed by atoms with E-state index in [0.717, 1.165) is 17.7 Å². The highest BCUT2D eigenvalue weighted by molar-refractivity contribution is 5.94. The number of carbonyl (C=O) groups is 2. The molecule has 1 fully saturated rings. The molecule has 0 aromatic heterocycles. The minimum atomic E-state index is -0.257. The zero-order valence-corrected chi connectivity index (χ0v) is 16.9. The van der Waals surface area contributed by atoms with Gasteiger partial charge in [0.15, 0.2) is 18.1 Å². The highest BCUT2D eigenvalue weighted by atomic mass is 16.5. The largest absolute Gasteiger partial charge is 0.483 e. The topological polar surface area (TPSA) is 59.1 Å². The molecule has 6 heteroatoms. The fraction of sp³-hybridized carbons (Fsp3) is 0.391. The summed E-state index contributed by atoms with van der Waals surface area (Å²) in [5.74, 6) is 1.28. The molecular formula is C23H26N2O4. The first-order valence-electron chi connectivity index (χ1n) is 9.99. The summed E-state index contributed by atoms with van der Waals surface area (Å²) in [6, 6.07) is 15.0. The van der Waals surface area contributed by atoms with Gasteiger partial charge in [-0.2, -0.15) is 0 Å². The van der Waals surface area contributed by atoms with E-state index in [9.17, 15) is 9.59 Å². The van der Waals surface area contributed by atoms with E-state index in [1.807, 2.05) is 62.4 Å². The summed E-state index contributed by atoms with van der Waals surface area (Å²) in [6.07, 6.45) is 0.824. The number of hydrogen-bond acceptors (Lipinski definition) is 4. The molecule has 1 saturated heterocycles. The zero-order valence-electron chi connectivity index (χ0n) is 16.9. The van der Waals surface area contributed by atoms with Crippen LogP contribution in [0.5, 0.6) is 11.5 Å². The normalized spacial score (nSPS) is 17.4. The molecule has 6 nitrogen and oxygen atoms in total. The lowest BCUT2D eigenvalue weighted by Crippen LogP contribution is -2.51. The number of ether oxygens (including phenoxy) is 2. The highest BCUT2D eigenvalue weighted by Crippen LogP contribution is 2.41. The average molecular weight is 394 g/mol. The van der Waals surface area contributed by atoms with Crippen molar-refractivity contribution in [3.05, 3.63) is 59.7 Å². The third-order valence-corrected chi connectivity index (χ3v) is 5.35. The van der Waals surface area contributed by atoms with Crippen molar-refractivity contribution in [1.29, 1.82) is 0 Å². The number of rotatable bonds is 4. The van der Waals surface area contributed by atoms with E-state index < -0.39 is 0 Å². The van der Waals surface area contributed by atoms with Crippen LogP contribution in [0, 0.1) is 0 Å². The molecule has 2 aliphatic heterocycles. The predicted molar refractivity (Wildman–Crippen MR) is 109 cm³/mol. The Bertz CT molecular complexity index is 902. The summed E-state index contributed by atoms with van der Waals surface area (Å²) in [7, 11) is 0. The van der Waals surface area contributed by atoms with E-state index in [2.05, 4.69) is 0 Å². The van der Waals surface area contributed by atoms with Crippen LogP contribution in [-0.4, -0.2) is 60.0 Å². The molecule has 0 saturated carbocycles. The van der Waals surface area contributed by atoms with Gasteiger partial charge in [0, 0.05) is 43.7 Å². The molecule has 2 aromatic rings. The van der Waals surface area contributed by atoms with Gasteiger partial charge in [0.05, 0.1) is 0 Å². The van der Waals surface area contributed by atoms with Crippen molar-refractivity contribution in [2.24, 2.45) is 0 Å². The zero-order chi connectivity index (χ0) is 20.4. The molecule has 2 amide bonds. The SMILES string of the molecule is CC1(C)Cc2cccc(OCC(=O)N3CCN(C(=O)c4ccccc4)CC3)c2O1. The van der Waals surface area contributed by atoms with Gasteiger partial charge in [0.25, 0.3) is 11.8 Å². The third-order valence-electron chi connectivity index (χ3n) is 5.35. The maximum absolute atomic E-state index is 12.6. The summed E-state index contributed by atoms with van der Waals surface area (Å²) >= 11 is 0. The molecule has 2 aliphatic rings. The minimum absolute atomic E-state index is 0.00793. The van der Waals surface area contributed by atoms with Gasteiger partial charge in [-0.15, -0.1) is 0 Å². The van der Waals surface area contributed by atoms with Gasteiger partial charge in [-0.25, -0.2) is 0 Å². The minimum Gasteiger partial charge on any atom is -0.483 e.